The minimum absolute atomic E-state index is 0.379. The van der Waals surface area contributed by atoms with Gasteiger partial charge in [-0.3, -0.25) is 10.5 Å². The second-order valence-corrected chi connectivity index (χ2v) is 8.89. The fourth-order valence-corrected chi connectivity index (χ4v) is 3.34. The third-order valence-electron chi connectivity index (χ3n) is 4.35. The lowest BCUT2D eigenvalue weighted by atomic mass is 10.1. The van der Waals surface area contributed by atoms with Gasteiger partial charge in [-0.25, -0.2) is 13.4 Å². The highest BCUT2D eigenvalue weighted by molar-refractivity contribution is 7.92. The van der Waals surface area contributed by atoms with Crippen molar-refractivity contribution in [2.24, 2.45) is 15.8 Å². The zero-order valence-electron chi connectivity index (χ0n) is 16.9. The summed E-state index contributed by atoms with van der Waals surface area (Å²) >= 11 is 0. The quantitative estimate of drug-likeness (QED) is 0.708. The molecule has 0 spiro atoms. The molecule has 152 valence electrons. The summed E-state index contributed by atoms with van der Waals surface area (Å²) in [5, 5.41) is 4.33. The molecular formula is C20H25N6O2S+. The summed E-state index contributed by atoms with van der Waals surface area (Å²) in [4.78, 5) is 6.43. The first-order valence-corrected chi connectivity index (χ1v) is 10.9. The third kappa shape index (κ3) is 5.20. The molecule has 0 aliphatic carbocycles. The number of sulfonamides is 1. The van der Waals surface area contributed by atoms with Gasteiger partial charge < -0.3 is 4.90 Å². The molecule has 0 radical (unpaired) electrons. The van der Waals surface area contributed by atoms with Crippen molar-refractivity contribution >= 4 is 44.8 Å². The summed E-state index contributed by atoms with van der Waals surface area (Å²) in [6.45, 7) is 2.56. The Hall–Kier alpha value is -3.20. The molecule has 2 aromatic rings. The average molecular weight is 414 g/mol. The molecule has 0 saturated heterocycles. The van der Waals surface area contributed by atoms with Crippen LogP contribution in [0.15, 0.2) is 52.6 Å². The Morgan fingerprint density at radius 1 is 1.17 bits per heavy atom. The Morgan fingerprint density at radius 2 is 1.86 bits per heavy atom. The van der Waals surface area contributed by atoms with Crippen LogP contribution in [-0.2, 0) is 16.6 Å². The molecule has 8 nitrogen and oxygen atoms in total. The zero-order chi connectivity index (χ0) is 21.2. The van der Waals surface area contributed by atoms with E-state index in [-0.39, 0.29) is 0 Å². The second-order valence-electron chi connectivity index (χ2n) is 7.14. The molecule has 3 N–H and O–H groups in total. The average Bonchev–Trinajstić information content (AvgIpc) is 2.97. The van der Waals surface area contributed by atoms with Gasteiger partial charge >= 0.3 is 5.84 Å². The van der Waals surface area contributed by atoms with Crippen LogP contribution in [0.25, 0.3) is 0 Å². The predicted molar refractivity (Wildman–Crippen MR) is 119 cm³/mol. The van der Waals surface area contributed by atoms with Crippen molar-refractivity contribution < 1.29 is 13.1 Å². The number of aryl methyl sites for hydroxylation is 1. The van der Waals surface area contributed by atoms with Gasteiger partial charge in [0.15, 0.2) is 5.71 Å². The number of hydrazone groups is 1. The first kappa shape index (κ1) is 20.5. The number of anilines is 2. The first-order chi connectivity index (χ1) is 13.6. The van der Waals surface area contributed by atoms with Crippen LogP contribution in [0, 0.1) is 6.92 Å². The van der Waals surface area contributed by atoms with Crippen LogP contribution >= 0.6 is 0 Å². The highest BCUT2D eigenvalue weighted by Gasteiger charge is 2.22. The fraction of sp³-hybridized carbons (Fsp3) is 0.250. The lowest BCUT2D eigenvalue weighted by Gasteiger charge is -2.15. The number of hydrogen-bond donors (Lipinski definition) is 2. The van der Waals surface area contributed by atoms with Gasteiger partial charge in [0.25, 0.3) is 0 Å². The Morgan fingerprint density at radius 3 is 2.48 bits per heavy atom. The third-order valence-corrected chi connectivity index (χ3v) is 4.94. The van der Waals surface area contributed by atoms with E-state index in [0.29, 0.717) is 29.5 Å². The van der Waals surface area contributed by atoms with Gasteiger partial charge in [-0.15, -0.1) is 4.68 Å². The highest BCUT2D eigenvalue weighted by atomic mass is 32.2. The Labute approximate surface area is 171 Å². The fourth-order valence-electron chi connectivity index (χ4n) is 2.77. The van der Waals surface area contributed by atoms with Crippen molar-refractivity contribution in [3.05, 3.63) is 53.6 Å². The van der Waals surface area contributed by atoms with Crippen molar-refractivity contribution in [3.8, 4) is 0 Å². The molecule has 0 fully saturated rings. The molecule has 3 rings (SSSR count). The van der Waals surface area contributed by atoms with Crippen molar-refractivity contribution in [2.45, 2.75) is 13.5 Å². The molecule has 29 heavy (non-hydrogen) atoms. The molecule has 0 unspecified atom stereocenters. The van der Waals surface area contributed by atoms with E-state index in [9.17, 15) is 8.42 Å². The van der Waals surface area contributed by atoms with Gasteiger partial charge in [-0.2, -0.15) is 0 Å². The summed E-state index contributed by atoms with van der Waals surface area (Å²) in [6, 6.07) is 13.5. The van der Waals surface area contributed by atoms with Crippen LogP contribution in [0.5, 0.6) is 0 Å². The van der Waals surface area contributed by atoms with Crippen molar-refractivity contribution in [3.63, 3.8) is 0 Å². The second kappa shape index (κ2) is 8.04. The molecule has 0 amide bonds. The van der Waals surface area contributed by atoms with Crippen molar-refractivity contribution in [2.75, 3.05) is 30.0 Å². The van der Waals surface area contributed by atoms with E-state index in [1.165, 1.54) is 5.56 Å². The maximum absolute atomic E-state index is 11.8. The summed E-state index contributed by atoms with van der Waals surface area (Å²) in [6.07, 6.45) is 2.68. The molecule has 2 aromatic carbocycles. The van der Waals surface area contributed by atoms with Gasteiger partial charge in [-0.05, 0) is 30.7 Å². The normalized spacial score (nSPS) is 15.2. The zero-order valence-corrected chi connectivity index (χ0v) is 17.7. The molecule has 0 bridgehead atoms. The van der Waals surface area contributed by atoms with Crippen molar-refractivity contribution in [1.82, 2.24) is 0 Å². The van der Waals surface area contributed by atoms with Crippen LogP contribution in [-0.4, -0.2) is 51.2 Å². The molecular weight excluding hydrogens is 388 g/mol. The van der Waals surface area contributed by atoms with E-state index in [4.69, 9.17) is 5.73 Å². The van der Waals surface area contributed by atoms with E-state index < -0.39 is 10.0 Å². The van der Waals surface area contributed by atoms with E-state index in [1.807, 2.05) is 56.3 Å². The van der Waals surface area contributed by atoms with Crippen LogP contribution in [0.1, 0.15) is 11.1 Å². The van der Waals surface area contributed by atoms with E-state index >= 15 is 0 Å². The standard InChI is InChI=1S/C20H24N6O2S/c1-14-5-7-15(8-6-14)13-26-20(21)19(12-22-26)23-17-10-9-16(25(2)3)11-18(17)24-29(4,27)28/h5-12H,13H2,1-4H3,(H2,21,22,24)/p+1. The maximum atomic E-state index is 11.8. The lowest BCUT2D eigenvalue weighted by Crippen LogP contribution is -2.28. The Balaban J connectivity index is 1.94. The minimum atomic E-state index is -3.46. The Bertz CT molecular complexity index is 1120. The van der Waals surface area contributed by atoms with Crippen LogP contribution < -0.4 is 15.4 Å². The monoisotopic (exact) mass is 413 g/mol. The van der Waals surface area contributed by atoms with E-state index in [1.54, 1.807) is 23.0 Å². The first-order valence-electron chi connectivity index (χ1n) is 9.00. The minimum Gasteiger partial charge on any atom is -0.378 e. The predicted octanol–water partition coefficient (Wildman–Crippen LogP) is 2.07. The summed E-state index contributed by atoms with van der Waals surface area (Å²) < 4.78 is 27.7. The number of nitrogens with one attached hydrogen (secondary N) is 1. The van der Waals surface area contributed by atoms with Gasteiger partial charge in [0.1, 0.15) is 12.8 Å². The summed E-state index contributed by atoms with van der Waals surface area (Å²) in [5.41, 5.74) is 10.7. The molecule has 1 aliphatic rings. The van der Waals surface area contributed by atoms with Crippen molar-refractivity contribution in [1.29, 1.82) is 0 Å². The number of nitrogens with zero attached hydrogens (tertiary/aromatic N) is 4. The van der Waals surface area contributed by atoms with Gasteiger partial charge in [0.05, 0.1) is 17.6 Å². The van der Waals surface area contributed by atoms with Gasteiger partial charge in [0.2, 0.25) is 10.0 Å². The number of rotatable bonds is 6. The largest absolute Gasteiger partial charge is 0.378 e. The molecule has 0 atom stereocenters. The molecule has 0 saturated carbocycles. The van der Waals surface area contributed by atoms with Crippen LogP contribution in [0.2, 0.25) is 0 Å². The number of nitrogens with two attached hydrogens (primary N) is 1. The summed E-state index contributed by atoms with van der Waals surface area (Å²) in [5.74, 6) is 0.410. The molecule has 1 heterocycles. The number of hydrogen-bond acceptors (Lipinski definition) is 6. The number of amidine groups is 1. The van der Waals surface area contributed by atoms with E-state index in [2.05, 4.69) is 14.8 Å². The smallest absolute Gasteiger partial charge is 0.321 e. The number of benzene rings is 2. The topological polar surface area (TPSA) is 103 Å². The van der Waals surface area contributed by atoms with Gasteiger partial charge in [0, 0.05) is 19.8 Å². The molecule has 1 aliphatic heterocycles. The lowest BCUT2D eigenvalue weighted by molar-refractivity contribution is -0.546. The van der Waals surface area contributed by atoms with Crippen LogP contribution in [0.3, 0.4) is 0 Å². The molecule has 0 aromatic heterocycles. The van der Waals surface area contributed by atoms with Gasteiger partial charge in [-0.1, -0.05) is 34.9 Å². The SMILES string of the molecule is Cc1ccc(C[N+]2=C(N)C(=Nc3ccc(N(C)C)cc3NS(C)(=O)=O)C=N2)cc1. The Kier molecular flexibility index (Phi) is 5.69. The summed E-state index contributed by atoms with van der Waals surface area (Å²) in [7, 11) is 0.293. The van der Waals surface area contributed by atoms with Crippen LogP contribution in [0.4, 0.5) is 17.1 Å². The maximum Gasteiger partial charge on any atom is 0.321 e. The highest BCUT2D eigenvalue weighted by Crippen LogP contribution is 2.30. The number of aliphatic imine (C=N–C) groups is 1. The van der Waals surface area contributed by atoms with E-state index in [0.717, 1.165) is 17.5 Å². The molecule has 9 heteroatoms.